The van der Waals surface area contributed by atoms with Gasteiger partial charge in [-0.1, -0.05) is 158 Å². The number of rotatable bonds is 2. The molecule has 0 bridgehead atoms. The van der Waals surface area contributed by atoms with E-state index < -0.39 is 5.41 Å². The maximum atomic E-state index is 6.94. The van der Waals surface area contributed by atoms with E-state index in [2.05, 4.69) is 195 Å². The average molecular weight is 687 g/mol. The highest BCUT2D eigenvalue weighted by Crippen LogP contribution is 2.63. The van der Waals surface area contributed by atoms with Crippen molar-refractivity contribution in [3.05, 3.63) is 227 Å². The van der Waals surface area contributed by atoms with E-state index in [1.807, 2.05) is 0 Å². The molecule has 0 radical (unpaired) electrons. The first-order valence-corrected chi connectivity index (χ1v) is 18.9. The SMILES string of the molecule is CC1(c2ccccc2)c2cc(-c3ccc4c(c3)C3(c5cc6ccccc6cc5O4)c4ccccc4-c4ccccc43)ccc2-c2c1ccc1ccccc21. The number of ether oxygens (including phenoxy) is 1. The average Bonchev–Trinajstić information content (AvgIpc) is 3.68. The van der Waals surface area contributed by atoms with Crippen LogP contribution in [0, 0.1) is 0 Å². The lowest BCUT2D eigenvalue weighted by Gasteiger charge is -2.40. The Morgan fingerprint density at radius 2 is 0.963 bits per heavy atom. The Hall–Kier alpha value is -6.70. The first-order valence-electron chi connectivity index (χ1n) is 18.9. The Kier molecular flexibility index (Phi) is 5.90. The van der Waals surface area contributed by atoms with Gasteiger partial charge in [-0.3, -0.25) is 0 Å². The molecule has 9 aromatic carbocycles. The molecule has 1 heterocycles. The fourth-order valence-electron chi connectivity index (χ4n) is 10.3. The van der Waals surface area contributed by atoms with Crippen LogP contribution in [0.2, 0.25) is 0 Å². The monoisotopic (exact) mass is 686 g/mol. The molecule has 1 atom stereocenters. The minimum Gasteiger partial charge on any atom is -0.457 e. The molecular formula is C53H34O. The Morgan fingerprint density at radius 1 is 0.370 bits per heavy atom. The fraction of sp³-hybridized carbons (Fsp3) is 0.0566. The zero-order valence-corrected chi connectivity index (χ0v) is 29.8. The minimum atomic E-state index is -0.541. The predicted molar refractivity (Wildman–Crippen MR) is 222 cm³/mol. The highest BCUT2D eigenvalue weighted by Gasteiger charge is 2.51. The van der Waals surface area contributed by atoms with E-state index >= 15 is 0 Å². The molecule has 0 aromatic heterocycles. The van der Waals surface area contributed by atoms with Crippen molar-refractivity contribution in [2.45, 2.75) is 17.8 Å². The predicted octanol–water partition coefficient (Wildman–Crippen LogP) is 13.5. The summed E-state index contributed by atoms with van der Waals surface area (Å²) in [6, 6.07) is 69.8. The van der Waals surface area contributed by atoms with E-state index in [0.717, 1.165) is 11.5 Å². The van der Waals surface area contributed by atoms with Gasteiger partial charge in [-0.05, 0) is 120 Å². The van der Waals surface area contributed by atoms with Crippen LogP contribution in [0.4, 0.5) is 0 Å². The molecule has 54 heavy (non-hydrogen) atoms. The third-order valence-electron chi connectivity index (χ3n) is 12.8. The van der Waals surface area contributed by atoms with Crippen molar-refractivity contribution < 1.29 is 4.74 Å². The molecule has 0 N–H and O–H groups in total. The van der Waals surface area contributed by atoms with Gasteiger partial charge in [0, 0.05) is 16.5 Å². The molecule has 12 rings (SSSR count). The van der Waals surface area contributed by atoms with Crippen LogP contribution < -0.4 is 4.74 Å². The van der Waals surface area contributed by atoms with Gasteiger partial charge in [0.2, 0.25) is 0 Å². The van der Waals surface area contributed by atoms with E-state index in [-0.39, 0.29) is 5.41 Å². The molecule has 1 heteroatoms. The zero-order valence-electron chi connectivity index (χ0n) is 29.8. The largest absolute Gasteiger partial charge is 0.457 e. The normalized spacial score (nSPS) is 16.6. The third-order valence-corrected chi connectivity index (χ3v) is 12.8. The Balaban J connectivity index is 1.12. The second-order valence-electron chi connectivity index (χ2n) is 15.3. The summed E-state index contributed by atoms with van der Waals surface area (Å²) < 4.78 is 6.94. The van der Waals surface area contributed by atoms with Gasteiger partial charge < -0.3 is 4.74 Å². The topological polar surface area (TPSA) is 9.23 Å². The molecular weight excluding hydrogens is 653 g/mol. The van der Waals surface area contributed by atoms with Gasteiger partial charge in [0.15, 0.2) is 0 Å². The maximum absolute atomic E-state index is 6.94. The lowest BCUT2D eigenvalue weighted by atomic mass is 9.65. The second kappa shape index (κ2) is 10.7. The molecule has 1 aliphatic heterocycles. The van der Waals surface area contributed by atoms with Crippen LogP contribution in [-0.2, 0) is 10.8 Å². The van der Waals surface area contributed by atoms with Crippen molar-refractivity contribution in [1.29, 1.82) is 0 Å². The highest BCUT2D eigenvalue weighted by molar-refractivity contribution is 6.03. The fourth-order valence-corrected chi connectivity index (χ4v) is 10.3. The molecule has 0 amide bonds. The van der Waals surface area contributed by atoms with Gasteiger partial charge in [0.25, 0.3) is 0 Å². The first-order chi connectivity index (χ1) is 26.6. The Labute approximate surface area is 314 Å². The molecule has 0 fully saturated rings. The molecule has 1 spiro atoms. The van der Waals surface area contributed by atoms with Crippen molar-refractivity contribution in [1.82, 2.24) is 0 Å². The smallest absolute Gasteiger partial charge is 0.132 e. The standard InChI is InChI=1S/C53H34O/c1-52(38-16-3-2-4-17-38)45-27-24-33-13-7-8-18-39(33)51(45)42-26-23-36(29-46(42)52)37-25-28-49-47(31-37)53(48-30-34-14-5-6-15-35(34)32-50(48)54-49)43-21-11-9-19-40(43)41-20-10-12-22-44(41)53/h2-32H,1H3. The molecule has 9 aromatic rings. The van der Waals surface area contributed by atoms with Crippen molar-refractivity contribution >= 4 is 21.5 Å². The van der Waals surface area contributed by atoms with Gasteiger partial charge in [0.1, 0.15) is 11.5 Å². The summed E-state index contributed by atoms with van der Waals surface area (Å²) in [7, 11) is 0. The lowest BCUT2D eigenvalue weighted by Crippen LogP contribution is -2.32. The van der Waals surface area contributed by atoms with Crippen LogP contribution in [0.5, 0.6) is 11.5 Å². The van der Waals surface area contributed by atoms with Crippen LogP contribution >= 0.6 is 0 Å². The summed E-state index contributed by atoms with van der Waals surface area (Å²) in [5.74, 6) is 1.82. The molecule has 3 aliphatic rings. The summed E-state index contributed by atoms with van der Waals surface area (Å²) in [5, 5.41) is 4.97. The summed E-state index contributed by atoms with van der Waals surface area (Å²) in [5.41, 5.74) is 15.7. The van der Waals surface area contributed by atoms with E-state index in [1.165, 1.54) is 93.9 Å². The van der Waals surface area contributed by atoms with Crippen molar-refractivity contribution in [3.8, 4) is 44.9 Å². The second-order valence-corrected chi connectivity index (χ2v) is 15.3. The van der Waals surface area contributed by atoms with Crippen molar-refractivity contribution in [3.63, 3.8) is 0 Å². The van der Waals surface area contributed by atoms with E-state index in [0.29, 0.717) is 0 Å². The molecule has 2 aliphatic carbocycles. The summed E-state index contributed by atoms with van der Waals surface area (Å²) in [6.07, 6.45) is 0. The Morgan fingerprint density at radius 3 is 1.72 bits per heavy atom. The van der Waals surface area contributed by atoms with Crippen LogP contribution in [0.15, 0.2) is 188 Å². The highest BCUT2D eigenvalue weighted by atomic mass is 16.5. The lowest BCUT2D eigenvalue weighted by molar-refractivity contribution is 0.437. The van der Waals surface area contributed by atoms with Crippen LogP contribution in [0.3, 0.4) is 0 Å². The molecule has 0 saturated carbocycles. The molecule has 1 unspecified atom stereocenters. The minimum absolute atomic E-state index is 0.312. The Bertz CT molecular complexity index is 3000. The summed E-state index contributed by atoms with van der Waals surface area (Å²) in [6.45, 7) is 2.41. The molecule has 0 saturated heterocycles. The van der Waals surface area contributed by atoms with E-state index in [9.17, 15) is 0 Å². The number of hydrogen-bond donors (Lipinski definition) is 0. The number of hydrogen-bond acceptors (Lipinski definition) is 1. The van der Waals surface area contributed by atoms with E-state index in [1.54, 1.807) is 0 Å². The molecule has 1 nitrogen and oxygen atoms in total. The number of fused-ring (bicyclic) bond motifs is 15. The van der Waals surface area contributed by atoms with Crippen LogP contribution in [0.25, 0.3) is 54.9 Å². The quantitative estimate of drug-likeness (QED) is 0.176. The van der Waals surface area contributed by atoms with Gasteiger partial charge in [-0.25, -0.2) is 0 Å². The van der Waals surface area contributed by atoms with Crippen molar-refractivity contribution in [2.24, 2.45) is 0 Å². The van der Waals surface area contributed by atoms with Crippen LogP contribution in [-0.4, -0.2) is 0 Å². The van der Waals surface area contributed by atoms with Gasteiger partial charge in [-0.2, -0.15) is 0 Å². The zero-order chi connectivity index (χ0) is 35.6. The van der Waals surface area contributed by atoms with Gasteiger partial charge in [-0.15, -0.1) is 0 Å². The van der Waals surface area contributed by atoms with Gasteiger partial charge >= 0.3 is 0 Å². The number of benzene rings is 9. The van der Waals surface area contributed by atoms with E-state index in [4.69, 9.17) is 4.74 Å². The summed E-state index contributed by atoms with van der Waals surface area (Å²) in [4.78, 5) is 0. The van der Waals surface area contributed by atoms with Gasteiger partial charge in [0.05, 0.1) is 5.41 Å². The van der Waals surface area contributed by atoms with Crippen molar-refractivity contribution in [2.75, 3.05) is 0 Å². The first kappa shape index (κ1) is 29.8. The maximum Gasteiger partial charge on any atom is 0.132 e. The third kappa shape index (κ3) is 3.73. The van der Waals surface area contributed by atoms with Crippen LogP contribution in [0.1, 0.15) is 45.9 Å². The summed E-state index contributed by atoms with van der Waals surface area (Å²) >= 11 is 0. The molecule has 252 valence electrons.